The van der Waals surface area contributed by atoms with Crippen molar-refractivity contribution in [2.24, 2.45) is 0 Å². The average molecular weight is 307 g/mol. The maximum absolute atomic E-state index is 13.0. The molecule has 23 heavy (non-hydrogen) atoms. The van der Waals surface area contributed by atoms with Gasteiger partial charge in [0.2, 0.25) is 0 Å². The fourth-order valence-corrected chi connectivity index (χ4v) is 2.83. The second-order valence-corrected chi connectivity index (χ2v) is 5.69. The van der Waals surface area contributed by atoms with Gasteiger partial charge in [0.15, 0.2) is 0 Å². The van der Waals surface area contributed by atoms with Crippen molar-refractivity contribution in [2.45, 2.75) is 26.4 Å². The molecule has 0 fully saturated rings. The number of hydrogen-bond acceptors (Lipinski definition) is 3. The minimum Gasteiger partial charge on any atom is -0.313 e. The number of nitrogens with one attached hydrogen (secondary N) is 1. The van der Waals surface area contributed by atoms with E-state index in [1.165, 1.54) is 0 Å². The Kier molecular flexibility index (Phi) is 4.53. The number of benzene rings is 2. The monoisotopic (exact) mass is 307 g/mol. The zero-order chi connectivity index (χ0) is 16.2. The van der Waals surface area contributed by atoms with Crippen LogP contribution >= 0.6 is 0 Å². The van der Waals surface area contributed by atoms with Crippen molar-refractivity contribution in [3.63, 3.8) is 0 Å². The first-order chi connectivity index (χ1) is 11.2. The van der Waals surface area contributed by atoms with Crippen molar-refractivity contribution in [1.82, 2.24) is 14.9 Å². The van der Waals surface area contributed by atoms with Gasteiger partial charge in [0.25, 0.3) is 5.56 Å². The second-order valence-electron chi connectivity index (χ2n) is 5.69. The van der Waals surface area contributed by atoms with E-state index in [0.29, 0.717) is 11.9 Å². The third kappa shape index (κ3) is 3.17. The van der Waals surface area contributed by atoms with Gasteiger partial charge in [-0.05, 0) is 25.6 Å². The van der Waals surface area contributed by atoms with Gasteiger partial charge in [-0.1, -0.05) is 49.4 Å². The second kappa shape index (κ2) is 6.75. The molecule has 0 saturated carbocycles. The Morgan fingerprint density at radius 3 is 2.52 bits per heavy atom. The van der Waals surface area contributed by atoms with Gasteiger partial charge in [-0.25, -0.2) is 4.98 Å². The van der Waals surface area contributed by atoms with Crippen LogP contribution in [0.3, 0.4) is 0 Å². The number of rotatable bonds is 5. The van der Waals surface area contributed by atoms with E-state index < -0.39 is 0 Å². The molecule has 0 aliphatic carbocycles. The summed E-state index contributed by atoms with van der Waals surface area (Å²) in [4.78, 5) is 17.7. The summed E-state index contributed by atoms with van der Waals surface area (Å²) in [6.07, 6.45) is 0. The smallest absolute Gasteiger partial charge is 0.261 e. The first kappa shape index (κ1) is 15.4. The van der Waals surface area contributed by atoms with Gasteiger partial charge >= 0.3 is 0 Å². The molecule has 0 spiro atoms. The van der Waals surface area contributed by atoms with Crippen LogP contribution < -0.4 is 10.9 Å². The summed E-state index contributed by atoms with van der Waals surface area (Å²) in [7, 11) is 0. The number of aromatic nitrogens is 2. The molecule has 2 aromatic carbocycles. The van der Waals surface area contributed by atoms with Crippen molar-refractivity contribution in [2.75, 3.05) is 6.54 Å². The topological polar surface area (TPSA) is 46.9 Å². The van der Waals surface area contributed by atoms with Crippen LogP contribution in [0.25, 0.3) is 22.3 Å². The number of hydrogen-bond donors (Lipinski definition) is 1. The maximum atomic E-state index is 13.0. The molecular formula is C19H21N3O. The van der Waals surface area contributed by atoms with E-state index in [4.69, 9.17) is 4.98 Å². The van der Waals surface area contributed by atoms with Gasteiger partial charge in [0.05, 0.1) is 10.9 Å². The van der Waals surface area contributed by atoms with Crippen LogP contribution in [0.15, 0.2) is 59.4 Å². The zero-order valence-corrected chi connectivity index (χ0v) is 13.5. The van der Waals surface area contributed by atoms with Crippen LogP contribution in [0, 0.1) is 0 Å². The summed E-state index contributed by atoms with van der Waals surface area (Å²) in [5, 5.41) is 4.02. The lowest BCUT2D eigenvalue weighted by Crippen LogP contribution is -2.35. The van der Waals surface area contributed by atoms with Gasteiger partial charge in [-0.3, -0.25) is 9.36 Å². The van der Waals surface area contributed by atoms with E-state index in [9.17, 15) is 4.79 Å². The molecule has 0 radical (unpaired) electrons. The molecule has 0 aliphatic heterocycles. The lowest BCUT2D eigenvalue weighted by atomic mass is 10.1. The molecule has 3 aromatic rings. The Morgan fingerprint density at radius 1 is 1.09 bits per heavy atom. The minimum absolute atomic E-state index is 0.0132. The highest BCUT2D eigenvalue weighted by Crippen LogP contribution is 2.18. The summed E-state index contributed by atoms with van der Waals surface area (Å²) in [6.45, 7) is 5.61. The average Bonchev–Trinajstić information content (AvgIpc) is 2.58. The SMILES string of the molecule is CCNC(C)Cn1c(-c2ccccc2)nc2ccccc2c1=O. The summed E-state index contributed by atoms with van der Waals surface area (Å²) >= 11 is 0. The molecule has 0 aliphatic rings. The highest BCUT2D eigenvalue weighted by Gasteiger charge is 2.14. The Labute approximate surface area is 135 Å². The Morgan fingerprint density at radius 2 is 1.78 bits per heavy atom. The molecule has 1 heterocycles. The van der Waals surface area contributed by atoms with E-state index in [1.54, 1.807) is 4.57 Å². The predicted molar refractivity (Wildman–Crippen MR) is 94.6 cm³/mol. The number of fused-ring (bicyclic) bond motifs is 1. The Bertz CT molecular complexity index is 855. The Hall–Kier alpha value is -2.46. The van der Waals surface area contributed by atoms with Crippen LogP contribution in [0.2, 0.25) is 0 Å². The number of nitrogens with zero attached hydrogens (tertiary/aromatic N) is 2. The van der Waals surface area contributed by atoms with Crippen LogP contribution in [0.4, 0.5) is 0 Å². The standard InChI is InChI=1S/C19H21N3O/c1-3-20-14(2)13-22-18(15-9-5-4-6-10-15)21-17-12-8-7-11-16(17)19(22)23/h4-12,14,20H,3,13H2,1-2H3. The highest BCUT2D eigenvalue weighted by molar-refractivity contribution is 5.79. The van der Waals surface area contributed by atoms with Crippen LogP contribution in [-0.4, -0.2) is 22.1 Å². The third-order valence-corrected chi connectivity index (χ3v) is 3.90. The van der Waals surface area contributed by atoms with Crippen molar-refractivity contribution < 1.29 is 0 Å². The van der Waals surface area contributed by atoms with E-state index in [0.717, 1.165) is 23.4 Å². The van der Waals surface area contributed by atoms with Gasteiger partial charge < -0.3 is 5.32 Å². The van der Waals surface area contributed by atoms with E-state index in [2.05, 4.69) is 19.2 Å². The molecular weight excluding hydrogens is 286 g/mol. The fourth-order valence-electron chi connectivity index (χ4n) is 2.83. The molecule has 118 valence electrons. The zero-order valence-electron chi connectivity index (χ0n) is 13.5. The van der Waals surface area contributed by atoms with E-state index in [1.807, 2.05) is 54.6 Å². The quantitative estimate of drug-likeness (QED) is 0.788. The summed E-state index contributed by atoms with van der Waals surface area (Å²) in [6, 6.07) is 17.6. The van der Waals surface area contributed by atoms with Crippen molar-refractivity contribution in [3.8, 4) is 11.4 Å². The maximum Gasteiger partial charge on any atom is 0.261 e. The summed E-state index contributed by atoms with van der Waals surface area (Å²) in [5.74, 6) is 0.721. The summed E-state index contributed by atoms with van der Waals surface area (Å²) in [5.41, 5.74) is 1.71. The van der Waals surface area contributed by atoms with Gasteiger partial charge in [-0.15, -0.1) is 0 Å². The predicted octanol–water partition coefficient (Wildman–Crippen LogP) is 3.06. The van der Waals surface area contributed by atoms with Crippen molar-refractivity contribution in [3.05, 3.63) is 65.0 Å². The van der Waals surface area contributed by atoms with E-state index in [-0.39, 0.29) is 11.6 Å². The van der Waals surface area contributed by atoms with Crippen LogP contribution in [0.1, 0.15) is 13.8 Å². The number of para-hydroxylation sites is 1. The molecule has 4 heteroatoms. The van der Waals surface area contributed by atoms with Gasteiger partial charge in [0.1, 0.15) is 5.82 Å². The molecule has 1 atom stereocenters. The van der Waals surface area contributed by atoms with Gasteiger partial charge in [-0.2, -0.15) is 0 Å². The molecule has 1 N–H and O–H groups in total. The largest absolute Gasteiger partial charge is 0.313 e. The van der Waals surface area contributed by atoms with E-state index >= 15 is 0 Å². The molecule has 1 unspecified atom stereocenters. The van der Waals surface area contributed by atoms with Crippen LogP contribution in [0.5, 0.6) is 0 Å². The number of likely N-dealkylation sites (N-methyl/N-ethyl adjacent to an activating group) is 1. The Balaban J connectivity index is 2.21. The minimum atomic E-state index is 0.0132. The normalized spacial score (nSPS) is 12.4. The summed E-state index contributed by atoms with van der Waals surface area (Å²) < 4.78 is 1.78. The third-order valence-electron chi connectivity index (χ3n) is 3.90. The molecule has 0 amide bonds. The van der Waals surface area contributed by atoms with Crippen molar-refractivity contribution in [1.29, 1.82) is 0 Å². The first-order valence-electron chi connectivity index (χ1n) is 7.99. The lowest BCUT2D eigenvalue weighted by molar-refractivity contribution is 0.483. The fraction of sp³-hybridized carbons (Fsp3) is 0.263. The molecule has 3 rings (SSSR count). The molecule has 1 aromatic heterocycles. The molecule has 0 bridgehead atoms. The lowest BCUT2D eigenvalue weighted by Gasteiger charge is -2.18. The molecule has 4 nitrogen and oxygen atoms in total. The van der Waals surface area contributed by atoms with Crippen LogP contribution in [-0.2, 0) is 6.54 Å². The highest BCUT2D eigenvalue weighted by atomic mass is 16.1. The first-order valence-corrected chi connectivity index (χ1v) is 7.99. The molecule has 0 saturated heterocycles. The van der Waals surface area contributed by atoms with Gasteiger partial charge in [0, 0.05) is 18.2 Å². The van der Waals surface area contributed by atoms with Crippen molar-refractivity contribution >= 4 is 10.9 Å².